The van der Waals surface area contributed by atoms with Crippen LogP contribution in [-0.4, -0.2) is 19.3 Å². The van der Waals surface area contributed by atoms with Gasteiger partial charge in [-0.3, -0.25) is 4.99 Å². The smallest absolute Gasteiger partial charge is 0.194 e. The molecule has 0 radical (unpaired) electrons. The Kier molecular flexibility index (Phi) is 4.40. The van der Waals surface area contributed by atoms with Crippen molar-refractivity contribution in [2.45, 2.75) is 0 Å². The van der Waals surface area contributed by atoms with Crippen LogP contribution in [0.3, 0.4) is 0 Å². The number of halogens is 3. The highest BCUT2D eigenvalue weighted by Gasteiger charge is 2.06. The van der Waals surface area contributed by atoms with E-state index in [2.05, 4.69) is 10.3 Å². The molecule has 0 aromatic heterocycles. The van der Waals surface area contributed by atoms with Gasteiger partial charge in [-0.15, -0.1) is 0 Å². The molecule has 0 aromatic carbocycles. The van der Waals surface area contributed by atoms with E-state index < -0.39 is 5.83 Å². The summed E-state index contributed by atoms with van der Waals surface area (Å²) in [5.74, 6) is -0.742. The largest absolute Gasteiger partial charge is 0.376 e. The summed E-state index contributed by atoms with van der Waals surface area (Å²) in [6.45, 7) is 0. The van der Waals surface area contributed by atoms with Crippen LogP contribution in [-0.2, 0) is 0 Å². The number of allylic oxidation sites excluding steroid dienone is 1. The molecule has 0 aliphatic carbocycles. The summed E-state index contributed by atoms with van der Waals surface area (Å²) in [5.41, 5.74) is 0. The number of hydrogen-bond donors (Lipinski definition) is 1. The van der Waals surface area contributed by atoms with Gasteiger partial charge in [-0.2, -0.15) is 0 Å². The molecular formula is C5H7Cl2FN2. The van der Waals surface area contributed by atoms with Crippen LogP contribution in [0.2, 0.25) is 0 Å². The Labute approximate surface area is 68.7 Å². The molecule has 58 valence electrons. The maximum Gasteiger partial charge on any atom is 0.194 e. The van der Waals surface area contributed by atoms with Crippen molar-refractivity contribution in [3.05, 3.63) is 11.0 Å². The molecule has 0 spiro atoms. The lowest BCUT2D eigenvalue weighted by molar-refractivity contribution is 0.670. The van der Waals surface area contributed by atoms with Crippen molar-refractivity contribution in [3.63, 3.8) is 0 Å². The second kappa shape index (κ2) is 4.52. The average molecular weight is 185 g/mol. The summed E-state index contributed by atoms with van der Waals surface area (Å²) in [5, 5.41) is 2.01. The molecule has 0 saturated carbocycles. The summed E-state index contributed by atoms with van der Waals surface area (Å²) < 4.78 is 12.6. The molecule has 10 heavy (non-hydrogen) atoms. The number of rotatable bonds is 2. The summed E-state index contributed by atoms with van der Waals surface area (Å²) in [6, 6.07) is 0. The first kappa shape index (κ1) is 9.72. The van der Waals surface area contributed by atoms with Crippen LogP contribution in [0, 0.1) is 0 Å². The fourth-order valence-electron chi connectivity index (χ4n) is 0.298. The van der Waals surface area contributed by atoms with Crippen LogP contribution >= 0.6 is 23.2 Å². The van der Waals surface area contributed by atoms with E-state index >= 15 is 0 Å². The van der Waals surface area contributed by atoms with E-state index in [0.717, 1.165) is 0 Å². The Bertz CT molecular complexity index is 176. The van der Waals surface area contributed by atoms with Gasteiger partial charge < -0.3 is 5.32 Å². The molecule has 0 aliphatic rings. The molecule has 0 amide bonds. The summed E-state index contributed by atoms with van der Waals surface area (Å²) in [4.78, 5) is 3.38. The Morgan fingerprint density at radius 1 is 1.50 bits per heavy atom. The van der Waals surface area contributed by atoms with Gasteiger partial charge in [-0.1, -0.05) is 23.2 Å². The van der Waals surface area contributed by atoms with E-state index in [-0.39, 0.29) is 10.3 Å². The van der Waals surface area contributed by atoms with Gasteiger partial charge >= 0.3 is 0 Å². The molecule has 0 saturated heterocycles. The minimum atomic E-state index is -0.742. The average Bonchev–Trinajstić information content (AvgIpc) is 2.00. The maximum atomic E-state index is 12.6. The maximum absolute atomic E-state index is 12.6. The first-order chi connectivity index (χ1) is 4.63. The van der Waals surface area contributed by atoms with Crippen LogP contribution in [0.1, 0.15) is 0 Å². The molecule has 0 aliphatic heterocycles. The zero-order valence-corrected chi connectivity index (χ0v) is 7.09. The van der Waals surface area contributed by atoms with E-state index in [0.29, 0.717) is 0 Å². The zero-order chi connectivity index (χ0) is 8.15. The van der Waals surface area contributed by atoms with E-state index in [1.54, 1.807) is 0 Å². The number of nitrogens with zero attached hydrogens (tertiary/aromatic N) is 1. The second-order valence-corrected chi connectivity index (χ2v) is 2.13. The lowest BCUT2D eigenvalue weighted by Crippen LogP contribution is -2.04. The molecule has 5 heteroatoms. The van der Waals surface area contributed by atoms with Gasteiger partial charge in [0.2, 0.25) is 0 Å². The topological polar surface area (TPSA) is 24.4 Å². The van der Waals surface area contributed by atoms with Gasteiger partial charge in [0.25, 0.3) is 0 Å². The van der Waals surface area contributed by atoms with Crippen LogP contribution in [0.15, 0.2) is 16.0 Å². The lowest BCUT2D eigenvalue weighted by Gasteiger charge is -1.97. The van der Waals surface area contributed by atoms with E-state index in [9.17, 15) is 4.39 Å². The monoisotopic (exact) mass is 184 g/mol. The van der Waals surface area contributed by atoms with E-state index in [1.165, 1.54) is 14.1 Å². The predicted octanol–water partition coefficient (Wildman–Crippen LogP) is 1.85. The standard InChI is InChI=1S/C5H7Cl2FN2/c1-9-4(6)3(8)5(7)10-2/h9H,1-2H3/b4-3+,10-5+. The van der Waals surface area contributed by atoms with E-state index in [1.807, 2.05) is 0 Å². The molecule has 2 nitrogen and oxygen atoms in total. The highest BCUT2D eigenvalue weighted by molar-refractivity contribution is 6.69. The fraction of sp³-hybridized carbons (Fsp3) is 0.400. The number of hydrogen-bond acceptors (Lipinski definition) is 2. The third-order valence-corrected chi connectivity index (χ3v) is 1.48. The van der Waals surface area contributed by atoms with Gasteiger partial charge in [0.1, 0.15) is 5.16 Å². The first-order valence-electron chi connectivity index (χ1n) is 2.49. The molecule has 0 bridgehead atoms. The molecule has 1 N–H and O–H groups in total. The molecule has 0 rings (SSSR count). The van der Waals surface area contributed by atoms with Gasteiger partial charge in [0.05, 0.1) is 0 Å². The van der Waals surface area contributed by atoms with Crippen molar-refractivity contribution in [2.24, 2.45) is 4.99 Å². The SMILES string of the molecule is C/N=C(Cl)\C(F)=C(\Cl)NC. The zero-order valence-electron chi connectivity index (χ0n) is 5.58. The highest BCUT2D eigenvalue weighted by atomic mass is 35.5. The van der Waals surface area contributed by atoms with Crippen molar-refractivity contribution < 1.29 is 4.39 Å². The van der Waals surface area contributed by atoms with Gasteiger partial charge in [0.15, 0.2) is 11.0 Å². The minimum Gasteiger partial charge on any atom is -0.376 e. The Morgan fingerprint density at radius 3 is 2.30 bits per heavy atom. The summed E-state index contributed by atoms with van der Waals surface area (Å²) in [6.07, 6.45) is 0. The highest BCUT2D eigenvalue weighted by Crippen LogP contribution is 2.11. The molecule has 0 aromatic rings. The van der Waals surface area contributed by atoms with Crippen LogP contribution in [0.4, 0.5) is 4.39 Å². The van der Waals surface area contributed by atoms with Crippen LogP contribution < -0.4 is 5.32 Å². The first-order valence-corrected chi connectivity index (χ1v) is 3.24. The quantitative estimate of drug-likeness (QED) is 0.515. The molecule has 0 fully saturated rings. The predicted molar refractivity (Wildman–Crippen MR) is 42.3 cm³/mol. The van der Waals surface area contributed by atoms with Gasteiger partial charge in [0, 0.05) is 14.1 Å². The Balaban J connectivity index is 4.46. The Morgan fingerprint density at radius 2 is 2.00 bits per heavy atom. The Hall–Kier alpha value is -0.280. The molecule has 0 unspecified atom stereocenters. The second-order valence-electron chi connectivity index (χ2n) is 1.39. The van der Waals surface area contributed by atoms with Crippen molar-refractivity contribution >= 4 is 28.4 Å². The van der Waals surface area contributed by atoms with Gasteiger partial charge in [-0.05, 0) is 0 Å². The van der Waals surface area contributed by atoms with Crippen molar-refractivity contribution in [2.75, 3.05) is 14.1 Å². The molecular weight excluding hydrogens is 178 g/mol. The fourth-order valence-corrected chi connectivity index (χ4v) is 0.531. The van der Waals surface area contributed by atoms with Crippen molar-refractivity contribution in [3.8, 4) is 0 Å². The minimum absolute atomic E-state index is 0.143. The summed E-state index contributed by atoms with van der Waals surface area (Å²) >= 11 is 10.6. The molecule has 0 heterocycles. The van der Waals surface area contributed by atoms with Crippen LogP contribution in [0.5, 0.6) is 0 Å². The third-order valence-electron chi connectivity index (χ3n) is 0.790. The number of aliphatic imine (C=N–C) groups is 1. The van der Waals surface area contributed by atoms with Crippen molar-refractivity contribution in [1.82, 2.24) is 5.32 Å². The normalized spacial score (nSPS) is 14.7. The van der Waals surface area contributed by atoms with Crippen molar-refractivity contribution in [1.29, 1.82) is 0 Å². The van der Waals surface area contributed by atoms with E-state index in [4.69, 9.17) is 23.2 Å². The number of nitrogens with one attached hydrogen (secondary N) is 1. The molecule has 0 atom stereocenters. The summed E-state index contributed by atoms with van der Waals surface area (Å²) in [7, 11) is 2.86. The van der Waals surface area contributed by atoms with Crippen LogP contribution in [0.25, 0.3) is 0 Å². The lowest BCUT2D eigenvalue weighted by atomic mass is 10.6. The third kappa shape index (κ3) is 2.54. The van der Waals surface area contributed by atoms with Gasteiger partial charge in [-0.25, -0.2) is 4.39 Å².